The van der Waals surface area contributed by atoms with E-state index in [1.54, 1.807) is 17.3 Å². The number of nitrogens with one attached hydrogen (secondary N) is 1. The van der Waals surface area contributed by atoms with Crippen LogP contribution in [0.25, 0.3) is 0 Å². The van der Waals surface area contributed by atoms with Gasteiger partial charge in [0.2, 0.25) is 0 Å². The smallest absolute Gasteiger partial charge is 0.350 e. The van der Waals surface area contributed by atoms with Crippen molar-refractivity contribution in [3.8, 4) is 0 Å². The number of fused-ring (bicyclic) bond motifs is 1. The molecular formula is C19H22N2O2S. The standard InChI is InChI=1S/C19H22N2O2S/c1-2-23-18(22)17-11-20-19(24-17)21-16-10-9-13(12-7-8-12)14-5-3-4-6-15(14)16/h9-12H,2-8H2,1H3,(H,20,21). The van der Waals surface area contributed by atoms with E-state index in [1.807, 2.05) is 6.92 Å². The van der Waals surface area contributed by atoms with Crippen molar-refractivity contribution in [1.29, 1.82) is 0 Å². The van der Waals surface area contributed by atoms with Gasteiger partial charge in [0, 0.05) is 5.69 Å². The molecule has 0 saturated heterocycles. The number of hydrogen-bond donors (Lipinski definition) is 1. The molecule has 2 aliphatic rings. The first-order chi connectivity index (χ1) is 11.8. The van der Waals surface area contributed by atoms with Crippen LogP contribution in [0.5, 0.6) is 0 Å². The van der Waals surface area contributed by atoms with Gasteiger partial charge in [-0.25, -0.2) is 9.78 Å². The van der Waals surface area contributed by atoms with E-state index in [0.717, 1.165) is 23.2 Å². The first-order valence-corrected chi connectivity index (χ1v) is 9.62. The fraction of sp³-hybridized carbons (Fsp3) is 0.474. The van der Waals surface area contributed by atoms with Crippen molar-refractivity contribution in [2.75, 3.05) is 11.9 Å². The molecule has 4 rings (SSSR count). The Hall–Kier alpha value is -1.88. The van der Waals surface area contributed by atoms with Gasteiger partial charge in [-0.2, -0.15) is 0 Å². The van der Waals surface area contributed by atoms with Crippen molar-refractivity contribution < 1.29 is 9.53 Å². The van der Waals surface area contributed by atoms with Crippen LogP contribution >= 0.6 is 11.3 Å². The Labute approximate surface area is 146 Å². The average Bonchev–Trinajstić information content (AvgIpc) is 3.33. The van der Waals surface area contributed by atoms with E-state index < -0.39 is 0 Å². The van der Waals surface area contributed by atoms with E-state index in [0.29, 0.717) is 11.5 Å². The second-order valence-electron chi connectivity index (χ2n) is 6.52. The molecule has 2 aromatic rings. The van der Waals surface area contributed by atoms with E-state index >= 15 is 0 Å². The molecule has 0 aliphatic heterocycles. The highest BCUT2D eigenvalue weighted by Crippen LogP contribution is 2.45. The van der Waals surface area contributed by atoms with Crippen molar-refractivity contribution in [2.24, 2.45) is 0 Å². The number of hydrogen-bond acceptors (Lipinski definition) is 5. The Morgan fingerprint density at radius 2 is 2.08 bits per heavy atom. The Bertz CT molecular complexity index is 765. The Kier molecular flexibility index (Phi) is 4.27. The second-order valence-corrected chi connectivity index (χ2v) is 7.55. The maximum atomic E-state index is 11.8. The van der Waals surface area contributed by atoms with Crippen LogP contribution in [-0.4, -0.2) is 17.6 Å². The summed E-state index contributed by atoms with van der Waals surface area (Å²) < 4.78 is 5.03. The zero-order valence-electron chi connectivity index (χ0n) is 13.9. The minimum atomic E-state index is -0.297. The third-order valence-electron chi connectivity index (χ3n) is 4.81. The summed E-state index contributed by atoms with van der Waals surface area (Å²) in [4.78, 5) is 16.7. The highest BCUT2D eigenvalue weighted by molar-refractivity contribution is 7.17. The first kappa shape index (κ1) is 15.6. The lowest BCUT2D eigenvalue weighted by Crippen LogP contribution is -2.09. The molecule has 4 nitrogen and oxygen atoms in total. The normalized spacial score (nSPS) is 16.5. The molecule has 0 atom stereocenters. The predicted octanol–water partition coefficient (Wildman–Crippen LogP) is 4.82. The highest BCUT2D eigenvalue weighted by Gasteiger charge is 2.28. The van der Waals surface area contributed by atoms with Gasteiger partial charge in [-0.15, -0.1) is 0 Å². The average molecular weight is 342 g/mol. The van der Waals surface area contributed by atoms with Crippen LogP contribution < -0.4 is 5.32 Å². The SMILES string of the molecule is CCOC(=O)c1cnc(Nc2ccc(C3CC3)c3c2CCCC3)s1. The Morgan fingerprint density at radius 3 is 2.83 bits per heavy atom. The van der Waals surface area contributed by atoms with Crippen LogP contribution in [0, 0.1) is 0 Å². The zero-order valence-corrected chi connectivity index (χ0v) is 14.7. The second kappa shape index (κ2) is 6.55. The number of carbonyl (C=O) groups is 1. The van der Waals surface area contributed by atoms with Crippen LogP contribution in [0.4, 0.5) is 10.8 Å². The van der Waals surface area contributed by atoms with Gasteiger partial charge < -0.3 is 10.1 Å². The fourth-order valence-electron chi connectivity index (χ4n) is 3.53. The van der Waals surface area contributed by atoms with Crippen LogP contribution in [0.1, 0.15) is 64.9 Å². The number of benzene rings is 1. The molecule has 0 bridgehead atoms. The molecule has 5 heteroatoms. The number of anilines is 2. The maximum Gasteiger partial charge on any atom is 0.350 e. The number of nitrogens with zero attached hydrogens (tertiary/aromatic N) is 1. The highest BCUT2D eigenvalue weighted by atomic mass is 32.1. The number of thiazole rings is 1. The predicted molar refractivity (Wildman–Crippen MR) is 96.4 cm³/mol. The molecule has 0 spiro atoms. The molecule has 0 amide bonds. The molecule has 0 unspecified atom stereocenters. The molecule has 1 aromatic carbocycles. The van der Waals surface area contributed by atoms with Gasteiger partial charge in [0.25, 0.3) is 0 Å². The largest absolute Gasteiger partial charge is 0.462 e. The first-order valence-electron chi connectivity index (χ1n) is 8.81. The lowest BCUT2D eigenvalue weighted by atomic mass is 9.85. The maximum absolute atomic E-state index is 11.8. The molecular weight excluding hydrogens is 320 g/mol. The number of esters is 1. The molecule has 1 heterocycles. The van der Waals surface area contributed by atoms with E-state index in [2.05, 4.69) is 22.4 Å². The van der Waals surface area contributed by atoms with Gasteiger partial charge in [-0.3, -0.25) is 0 Å². The molecule has 2 aliphatic carbocycles. The minimum Gasteiger partial charge on any atom is -0.462 e. The van der Waals surface area contributed by atoms with Crippen molar-refractivity contribution in [2.45, 2.75) is 51.4 Å². The van der Waals surface area contributed by atoms with Crippen LogP contribution in [0.2, 0.25) is 0 Å². The van der Waals surface area contributed by atoms with Crippen LogP contribution in [-0.2, 0) is 17.6 Å². The molecule has 1 saturated carbocycles. The minimum absolute atomic E-state index is 0.297. The number of rotatable bonds is 5. The van der Waals surface area contributed by atoms with Crippen LogP contribution in [0.3, 0.4) is 0 Å². The summed E-state index contributed by atoms with van der Waals surface area (Å²) in [7, 11) is 0. The molecule has 24 heavy (non-hydrogen) atoms. The molecule has 0 radical (unpaired) electrons. The van der Waals surface area contributed by atoms with Gasteiger partial charge in [-0.1, -0.05) is 17.4 Å². The van der Waals surface area contributed by atoms with Crippen molar-refractivity contribution in [3.63, 3.8) is 0 Å². The zero-order chi connectivity index (χ0) is 16.5. The van der Waals surface area contributed by atoms with E-state index in [4.69, 9.17) is 4.74 Å². The van der Waals surface area contributed by atoms with E-state index in [9.17, 15) is 4.79 Å². The Morgan fingerprint density at radius 1 is 1.29 bits per heavy atom. The van der Waals surface area contributed by atoms with Crippen molar-refractivity contribution in [3.05, 3.63) is 39.9 Å². The summed E-state index contributed by atoms with van der Waals surface area (Å²) in [6.45, 7) is 2.20. The number of aromatic nitrogens is 1. The fourth-order valence-corrected chi connectivity index (χ4v) is 4.26. The number of carbonyl (C=O) groups excluding carboxylic acids is 1. The van der Waals surface area contributed by atoms with Gasteiger partial charge in [0.15, 0.2) is 5.13 Å². The Balaban J connectivity index is 1.59. The summed E-state index contributed by atoms with van der Waals surface area (Å²) in [5.41, 5.74) is 5.75. The van der Waals surface area contributed by atoms with Gasteiger partial charge >= 0.3 is 5.97 Å². The summed E-state index contributed by atoms with van der Waals surface area (Å²) in [5, 5.41) is 4.19. The lowest BCUT2D eigenvalue weighted by Gasteiger charge is -2.23. The van der Waals surface area contributed by atoms with E-state index in [-0.39, 0.29) is 5.97 Å². The summed E-state index contributed by atoms with van der Waals surface area (Å²) in [5.74, 6) is 0.496. The van der Waals surface area contributed by atoms with Gasteiger partial charge in [0.05, 0.1) is 12.8 Å². The topological polar surface area (TPSA) is 51.2 Å². The van der Waals surface area contributed by atoms with Gasteiger partial charge in [0.1, 0.15) is 4.88 Å². The van der Waals surface area contributed by atoms with Crippen molar-refractivity contribution in [1.82, 2.24) is 4.98 Å². The monoisotopic (exact) mass is 342 g/mol. The van der Waals surface area contributed by atoms with Crippen molar-refractivity contribution >= 4 is 28.1 Å². The summed E-state index contributed by atoms with van der Waals surface area (Å²) in [6, 6.07) is 4.49. The quantitative estimate of drug-likeness (QED) is 0.792. The third-order valence-corrected chi connectivity index (χ3v) is 5.70. The molecule has 1 aromatic heterocycles. The van der Waals surface area contributed by atoms with Crippen LogP contribution in [0.15, 0.2) is 18.3 Å². The third kappa shape index (κ3) is 3.05. The molecule has 1 fully saturated rings. The lowest BCUT2D eigenvalue weighted by molar-refractivity contribution is 0.0532. The molecule has 1 N–H and O–H groups in total. The summed E-state index contributed by atoms with van der Waals surface area (Å²) in [6.07, 6.45) is 9.15. The number of ether oxygens (including phenoxy) is 1. The van der Waals surface area contributed by atoms with Gasteiger partial charge in [-0.05, 0) is 74.1 Å². The summed E-state index contributed by atoms with van der Waals surface area (Å²) >= 11 is 1.35. The van der Waals surface area contributed by atoms with E-state index in [1.165, 1.54) is 49.0 Å². The molecule has 126 valence electrons.